The molecule has 0 aromatic carbocycles. The van der Waals surface area contributed by atoms with Crippen LogP contribution in [0.25, 0.3) is 0 Å². The summed E-state index contributed by atoms with van der Waals surface area (Å²) in [6, 6.07) is 0.681. The molecular formula is C7H13NO. The average Bonchev–Trinajstić information content (AvgIpc) is 2.22. The number of hydrogen-bond donors (Lipinski definition) is 1. The Bertz CT molecular complexity index is 103. The first-order valence-electron chi connectivity index (χ1n) is 3.78. The Morgan fingerprint density at radius 2 is 2.33 bits per heavy atom. The standard InChI is InChI=1S/C7H13NO/c1-5-8-6-3-2-4-7(6)9-5/h5-8H,2-4H2,1H3. The SMILES string of the molecule is CC1NC2CCCC2O1. The number of rotatable bonds is 0. The van der Waals surface area contributed by atoms with Gasteiger partial charge in [-0.1, -0.05) is 0 Å². The zero-order chi connectivity index (χ0) is 6.27. The minimum atomic E-state index is 0.306. The van der Waals surface area contributed by atoms with Gasteiger partial charge < -0.3 is 4.74 Å². The lowest BCUT2D eigenvalue weighted by molar-refractivity contribution is 0.0512. The summed E-state index contributed by atoms with van der Waals surface area (Å²) >= 11 is 0. The maximum Gasteiger partial charge on any atom is 0.106 e. The summed E-state index contributed by atoms with van der Waals surface area (Å²) < 4.78 is 5.57. The van der Waals surface area contributed by atoms with Gasteiger partial charge in [0, 0.05) is 6.04 Å². The number of nitrogens with one attached hydrogen (secondary N) is 1. The molecule has 0 radical (unpaired) electrons. The highest BCUT2D eigenvalue weighted by Crippen LogP contribution is 2.27. The smallest absolute Gasteiger partial charge is 0.106 e. The molecule has 0 spiro atoms. The summed E-state index contributed by atoms with van der Waals surface area (Å²) in [4.78, 5) is 0. The van der Waals surface area contributed by atoms with Crippen molar-refractivity contribution in [3.05, 3.63) is 0 Å². The maximum absolute atomic E-state index is 5.57. The molecule has 3 atom stereocenters. The Balaban J connectivity index is 2.02. The third-order valence-corrected chi connectivity index (χ3v) is 2.28. The average molecular weight is 127 g/mol. The Kier molecular flexibility index (Phi) is 1.24. The maximum atomic E-state index is 5.57. The molecule has 2 nitrogen and oxygen atoms in total. The molecule has 1 heterocycles. The van der Waals surface area contributed by atoms with Crippen LogP contribution in [0.3, 0.4) is 0 Å². The molecule has 1 aliphatic heterocycles. The van der Waals surface area contributed by atoms with E-state index in [9.17, 15) is 0 Å². The second-order valence-electron chi connectivity index (χ2n) is 3.02. The van der Waals surface area contributed by atoms with Crippen LogP contribution in [0.5, 0.6) is 0 Å². The van der Waals surface area contributed by atoms with E-state index in [0.717, 1.165) is 0 Å². The molecule has 1 saturated carbocycles. The van der Waals surface area contributed by atoms with Gasteiger partial charge >= 0.3 is 0 Å². The molecule has 2 rings (SSSR count). The van der Waals surface area contributed by atoms with Gasteiger partial charge in [0.05, 0.1) is 6.10 Å². The number of fused-ring (bicyclic) bond motifs is 1. The van der Waals surface area contributed by atoms with Gasteiger partial charge in [0.25, 0.3) is 0 Å². The van der Waals surface area contributed by atoms with E-state index in [4.69, 9.17) is 4.74 Å². The van der Waals surface area contributed by atoms with Gasteiger partial charge in [-0.05, 0) is 26.2 Å². The molecule has 0 bridgehead atoms. The lowest BCUT2D eigenvalue weighted by Crippen LogP contribution is -2.28. The highest BCUT2D eigenvalue weighted by Gasteiger charge is 2.35. The van der Waals surface area contributed by atoms with Crippen LogP contribution in [0.2, 0.25) is 0 Å². The van der Waals surface area contributed by atoms with E-state index < -0.39 is 0 Å². The summed E-state index contributed by atoms with van der Waals surface area (Å²) in [6.07, 6.45) is 4.77. The Morgan fingerprint density at radius 3 is 3.11 bits per heavy atom. The van der Waals surface area contributed by atoms with Crippen molar-refractivity contribution in [3.63, 3.8) is 0 Å². The molecule has 2 fully saturated rings. The largest absolute Gasteiger partial charge is 0.359 e. The van der Waals surface area contributed by atoms with Crippen molar-refractivity contribution in [1.82, 2.24) is 5.32 Å². The Labute approximate surface area is 55.6 Å². The molecule has 9 heavy (non-hydrogen) atoms. The fourth-order valence-electron chi connectivity index (χ4n) is 1.88. The van der Waals surface area contributed by atoms with Crippen molar-refractivity contribution in [1.29, 1.82) is 0 Å². The molecule has 0 aromatic rings. The fourth-order valence-corrected chi connectivity index (χ4v) is 1.88. The normalized spacial score (nSPS) is 49.7. The Hall–Kier alpha value is -0.0800. The first-order chi connectivity index (χ1) is 4.36. The van der Waals surface area contributed by atoms with E-state index in [1.165, 1.54) is 19.3 Å². The van der Waals surface area contributed by atoms with Crippen molar-refractivity contribution >= 4 is 0 Å². The molecule has 0 amide bonds. The Morgan fingerprint density at radius 1 is 1.44 bits per heavy atom. The highest BCUT2D eigenvalue weighted by atomic mass is 16.5. The van der Waals surface area contributed by atoms with Gasteiger partial charge in [-0.3, -0.25) is 5.32 Å². The van der Waals surface area contributed by atoms with Gasteiger partial charge in [-0.2, -0.15) is 0 Å². The quantitative estimate of drug-likeness (QED) is 0.521. The topological polar surface area (TPSA) is 21.3 Å². The first kappa shape index (κ1) is 5.69. The van der Waals surface area contributed by atoms with Gasteiger partial charge in [-0.25, -0.2) is 0 Å². The summed E-state index contributed by atoms with van der Waals surface area (Å²) in [5.74, 6) is 0. The second kappa shape index (κ2) is 1.96. The van der Waals surface area contributed by atoms with Crippen molar-refractivity contribution < 1.29 is 4.74 Å². The van der Waals surface area contributed by atoms with E-state index >= 15 is 0 Å². The van der Waals surface area contributed by atoms with Gasteiger partial charge in [0.1, 0.15) is 6.23 Å². The molecule has 0 aromatic heterocycles. The fraction of sp³-hybridized carbons (Fsp3) is 1.00. The van der Waals surface area contributed by atoms with Crippen LogP contribution >= 0.6 is 0 Å². The highest BCUT2D eigenvalue weighted by molar-refractivity contribution is 4.89. The predicted molar refractivity (Wildman–Crippen MR) is 35.1 cm³/mol. The summed E-state index contributed by atoms with van der Waals surface area (Å²) in [5.41, 5.74) is 0. The monoisotopic (exact) mass is 127 g/mol. The van der Waals surface area contributed by atoms with Crippen molar-refractivity contribution in [2.45, 2.75) is 44.6 Å². The lowest BCUT2D eigenvalue weighted by atomic mass is 10.2. The van der Waals surface area contributed by atoms with Crippen LogP contribution < -0.4 is 5.32 Å². The third kappa shape index (κ3) is 0.864. The second-order valence-corrected chi connectivity index (χ2v) is 3.02. The van der Waals surface area contributed by atoms with E-state index in [1.54, 1.807) is 0 Å². The van der Waals surface area contributed by atoms with Crippen molar-refractivity contribution in [2.75, 3.05) is 0 Å². The molecule has 2 heteroatoms. The molecule has 3 unspecified atom stereocenters. The zero-order valence-electron chi connectivity index (χ0n) is 5.76. The lowest BCUT2D eigenvalue weighted by Gasteiger charge is -2.03. The number of ether oxygens (including phenoxy) is 1. The summed E-state index contributed by atoms with van der Waals surface area (Å²) in [7, 11) is 0. The summed E-state index contributed by atoms with van der Waals surface area (Å²) in [6.45, 7) is 2.08. The summed E-state index contributed by atoms with van der Waals surface area (Å²) in [5, 5.41) is 3.39. The van der Waals surface area contributed by atoms with Crippen LogP contribution in [-0.2, 0) is 4.74 Å². The van der Waals surface area contributed by atoms with E-state index in [-0.39, 0.29) is 0 Å². The number of hydrogen-bond acceptors (Lipinski definition) is 2. The zero-order valence-corrected chi connectivity index (χ0v) is 5.76. The van der Waals surface area contributed by atoms with Gasteiger partial charge in [0.15, 0.2) is 0 Å². The predicted octanol–water partition coefficient (Wildman–Crippen LogP) is 0.873. The molecule has 1 N–H and O–H groups in total. The molecular weight excluding hydrogens is 114 g/mol. The molecule has 1 aliphatic carbocycles. The minimum Gasteiger partial charge on any atom is -0.359 e. The van der Waals surface area contributed by atoms with Crippen LogP contribution in [-0.4, -0.2) is 18.4 Å². The van der Waals surface area contributed by atoms with E-state index in [0.29, 0.717) is 18.4 Å². The van der Waals surface area contributed by atoms with Crippen molar-refractivity contribution in [2.24, 2.45) is 0 Å². The molecule has 1 saturated heterocycles. The van der Waals surface area contributed by atoms with Gasteiger partial charge in [0.2, 0.25) is 0 Å². The molecule has 2 aliphatic rings. The third-order valence-electron chi connectivity index (χ3n) is 2.28. The minimum absolute atomic E-state index is 0.306. The molecule has 52 valence electrons. The van der Waals surface area contributed by atoms with Crippen molar-refractivity contribution in [3.8, 4) is 0 Å². The van der Waals surface area contributed by atoms with Gasteiger partial charge in [-0.15, -0.1) is 0 Å². The van der Waals surface area contributed by atoms with Crippen LogP contribution in [0.15, 0.2) is 0 Å². The van der Waals surface area contributed by atoms with E-state index in [1.807, 2.05) is 0 Å². The van der Waals surface area contributed by atoms with Crippen LogP contribution in [0.4, 0.5) is 0 Å². The first-order valence-corrected chi connectivity index (χ1v) is 3.78. The van der Waals surface area contributed by atoms with Crippen LogP contribution in [0, 0.1) is 0 Å². The van der Waals surface area contributed by atoms with Crippen LogP contribution in [0.1, 0.15) is 26.2 Å². The van der Waals surface area contributed by atoms with E-state index in [2.05, 4.69) is 12.2 Å².